The molecular weight excluding hydrogens is 186 g/mol. The van der Waals surface area contributed by atoms with Crippen LogP contribution in [0.25, 0.3) is 0 Å². The average molecular weight is 198 g/mol. The van der Waals surface area contributed by atoms with Gasteiger partial charge >= 0.3 is 0 Å². The van der Waals surface area contributed by atoms with Gasteiger partial charge in [0.15, 0.2) is 5.49 Å². The van der Waals surface area contributed by atoms with Crippen LogP contribution in [-0.4, -0.2) is 11.7 Å². The molecule has 64 valence electrons. The van der Waals surface area contributed by atoms with Gasteiger partial charge in [0.05, 0.1) is 0 Å². The van der Waals surface area contributed by atoms with E-state index in [9.17, 15) is 0 Å². The summed E-state index contributed by atoms with van der Waals surface area (Å²) in [5.74, 6) is 0. The van der Waals surface area contributed by atoms with Crippen LogP contribution in [0.2, 0.25) is 0 Å². The Kier molecular flexibility index (Phi) is 3.72. The summed E-state index contributed by atoms with van der Waals surface area (Å²) in [6, 6.07) is 6.27. The van der Waals surface area contributed by atoms with Crippen LogP contribution < -0.4 is 5.32 Å². The molecule has 0 radical (unpaired) electrons. The minimum absolute atomic E-state index is 1.22. The first-order chi connectivity index (χ1) is 5.79. The smallest absolute Gasteiger partial charge is 0.163 e. The van der Waals surface area contributed by atoms with Gasteiger partial charge in [0, 0.05) is 10.5 Å². The first-order valence-corrected chi connectivity index (χ1v) is 5.41. The number of thioether (sulfide) groups is 1. The largest absolute Gasteiger partial charge is 0.278 e. The van der Waals surface area contributed by atoms with E-state index in [1.165, 1.54) is 16.1 Å². The Morgan fingerprint density at radius 2 is 2.25 bits per heavy atom. The summed E-state index contributed by atoms with van der Waals surface area (Å²) in [4.78, 5) is 1.32. The van der Waals surface area contributed by atoms with Crippen LogP contribution in [0.3, 0.4) is 0 Å². The topological polar surface area (TPSA) is 16.6 Å². The number of benzene rings is 1. The molecule has 0 heterocycles. The number of hydrogen-bond donors (Lipinski definition) is 1. The van der Waals surface area contributed by atoms with Crippen molar-refractivity contribution in [2.75, 3.05) is 6.26 Å². The molecule has 0 atom stereocenters. The SMILES string of the molecule is CSc1cccc([NH2+]C=S)c1C. The van der Waals surface area contributed by atoms with E-state index < -0.39 is 0 Å². The zero-order chi connectivity index (χ0) is 8.97. The number of quaternary nitrogens is 1. The first kappa shape index (κ1) is 9.71. The summed E-state index contributed by atoms with van der Waals surface area (Å²) in [5.41, 5.74) is 4.19. The van der Waals surface area contributed by atoms with E-state index in [2.05, 4.69) is 31.4 Å². The fourth-order valence-corrected chi connectivity index (χ4v) is 1.89. The molecule has 3 heteroatoms. The van der Waals surface area contributed by atoms with E-state index >= 15 is 0 Å². The van der Waals surface area contributed by atoms with Crippen LogP contribution >= 0.6 is 24.0 Å². The van der Waals surface area contributed by atoms with Gasteiger partial charge in [-0.3, -0.25) is 5.32 Å². The Bertz CT molecular complexity index is 284. The zero-order valence-electron chi connectivity index (χ0n) is 7.20. The maximum atomic E-state index is 4.79. The fourth-order valence-electron chi connectivity index (χ4n) is 1.11. The van der Waals surface area contributed by atoms with Gasteiger partial charge in [-0.25, -0.2) is 0 Å². The Labute approximate surface area is 82.6 Å². The standard InChI is InChI=1S/C9H11NS2/c1-7-8(10-6-11)4-3-5-9(7)12-2/h3-6H,1-2H3,(H,10,11)/p+1. The molecule has 0 saturated heterocycles. The van der Waals surface area contributed by atoms with Crippen molar-refractivity contribution < 1.29 is 5.32 Å². The van der Waals surface area contributed by atoms with Crippen molar-refractivity contribution in [2.45, 2.75) is 11.8 Å². The molecule has 0 saturated carbocycles. The van der Waals surface area contributed by atoms with Crippen molar-refractivity contribution >= 4 is 35.2 Å². The number of nitrogens with two attached hydrogens (primary N) is 1. The van der Waals surface area contributed by atoms with E-state index in [-0.39, 0.29) is 0 Å². The minimum atomic E-state index is 1.22. The molecule has 0 aliphatic heterocycles. The number of thiocarbonyl (C=S) groups is 1. The predicted octanol–water partition coefficient (Wildman–Crippen LogP) is 1.87. The van der Waals surface area contributed by atoms with Crippen LogP contribution in [-0.2, 0) is 0 Å². The lowest BCUT2D eigenvalue weighted by molar-refractivity contribution is -0.429. The number of rotatable bonds is 3. The van der Waals surface area contributed by atoms with Crippen molar-refractivity contribution in [3.05, 3.63) is 23.8 Å². The highest BCUT2D eigenvalue weighted by Crippen LogP contribution is 2.22. The molecule has 0 bridgehead atoms. The van der Waals surface area contributed by atoms with Crippen LogP contribution in [0.5, 0.6) is 0 Å². The van der Waals surface area contributed by atoms with Gasteiger partial charge in [-0.15, -0.1) is 11.8 Å². The predicted molar refractivity (Wildman–Crippen MR) is 58.2 cm³/mol. The maximum absolute atomic E-state index is 4.79. The molecular formula is C9H12NS2+. The van der Waals surface area contributed by atoms with Gasteiger partial charge < -0.3 is 0 Å². The van der Waals surface area contributed by atoms with Crippen LogP contribution in [0.1, 0.15) is 5.56 Å². The summed E-state index contributed by atoms with van der Waals surface area (Å²) in [6.45, 7) is 2.12. The van der Waals surface area contributed by atoms with Gasteiger partial charge in [0.1, 0.15) is 5.69 Å². The summed E-state index contributed by atoms with van der Waals surface area (Å²) >= 11 is 6.55. The summed E-state index contributed by atoms with van der Waals surface area (Å²) < 4.78 is 0. The third-order valence-corrected chi connectivity index (χ3v) is 2.81. The minimum Gasteiger partial charge on any atom is -0.278 e. The van der Waals surface area contributed by atoms with E-state index in [1.54, 1.807) is 17.3 Å². The fraction of sp³-hybridized carbons (Fsp3) is 0.222. The number of hydrogen-bond acceptors (Lipinski definition) is 2. The molecule has 1 nitrogen and oxygen atoms in total. The van der Waals surface area contributed by atoms with Gasteiger partial charge in [0.2, 0.25) is 0 Å². The van der Waals surface area contributed by atoms with Crippen molar-refractivity contribution in [1.29, 1.82) is 0 Å². The van der Waals surface area contributed by atoms with Crippen molar-refractivity contribution in [2.24, 2.45) is 0 Å². The lowest BCUT2D eigenvalue weighted by Gasteiger charge is -2.03. The lowest BCUT2D eigenvalue weighted by Crippen LogP contribution is -2.75. The van der Waals surface area contributed by atoms with Crippen molar-refractivity contribution in [1.82, 2.24) is 0 Å². The first-order valence-electron chi connectivity index (χ1n) is 3.71. The molecule has 1 aromatic carbocycles. The highest BCUT2D eigenvalue weighted by atomic mass is 32.2. The van der Waals surface area contributed by atoms with E-state index in [1.807, 2.05) is 5.32 Å². The van der Waals surface area contributed by atoms with Crippen LogP contribution in [0, 0.1) is 6.92 Å². The van der Waals surface area contributed by atoms with Crippen molar-refractivity contribution in [3.63, 3.8) is 0 Å². The van der Waals surface area contributed by atoms with E-state index in [0.29, 0.717) is 0 Å². The van der Waals surface area contributed by atoms with E-state index in [4.69, 9.17) is 12.2 Å². The van der Waals surface area contributed by atoms with Crippen molar-refractivity contribution in [3.8, 4) is 0 Å². The average Bonchev–Trinajstić information content (AvgIpc) is 2.09. The van der Waals surface area contributed by atoms with Gasteiger partial charge in [-0.2, -0.15) is 0 Å². The summed E-state index contributed by atoms with van der Waals surface area (Å²) in [7, 11) is 0. The highest BCUT2D eigenvalue weighted by molar-refractivity contribution is 7.98. The second-order valence-corrected chi connectivity index (χ2v) is 3.60. The molecule has 0 unspecified atom stereocenters. The molecule has 2 N–H and O–H groups in total. The quantitative estimate of drug-likeness (QED) is 0.453. The Morgan fingerprint density at radius 3 is 2.83 bits per heavy atom. The Hall–Kier alpha value is -0.380. The lowest BCUT2D eigenvalue weighted by atomic mass is 10.2. The van der Waals surface area contributed by atoms with Crippen LogP contribution in [0.15, 0.2) is 23.1 Å². The Morgan fingerprint density at radius 1 is 1.50 bits per heavy atom. The second kappa shape index (κ2) is 4.60. The van der Waals surface area contributed by atoms with Gasteiger partial charge in [-0.1, -0.05) is 6.07 Å². The molecule has 0 aliphatic carbocycles. The summed E-state index contributed by atoms with van der Waals surface area (Å²) in [5, 5.41) is 1.96. The molecule has 12 heavy (non-hydrogen) atoms. The molecule has 0 aliphatic rings. The van der Waals surface area contributed by atoms with Crippen LogP contribution in [0.4, 0.5) is 5.69 Å². The molecule has 0 aromatic heterocycles. The second-order valence-electron chi connectivity index (χ2n) is 2.48. The molecule has 1 aromatic rings. The third kappa shape index (κ3) is 2.06. The summed E-state index contributed by atoms with van der Waals surface area (Å²) in [6.07, 6.45) is 2.09. The Balaban J connectivity index is 3.04. The van der Waals surface area contributed by atoms with Gasteiger partial charge in [0.25, 0.3) is 0 Å². The normalized spacial score (nSPS) is 9.83. The molecule has 1 rings (SSSR count). The highest BCUT2D eigenvalue weighted by Gasteiger charge is 2.03. The van der Waals surface area contributed by atoms with E-state index in [0.717, 1.165) is 0 Å². The molecule has 0 fully saturated rings. The molecule has 0 amide bonds. The zero-order valence-corrected chi connectivity index (χ0v) is 8.84. The maximum Gasteiger partial charge on any atom is 0.163 e. The molecule has 0 spiro atoms. The third-order valence-electron chi connectivity index (χ3n) is 1.79. The van der Waals surface area contributed by atoms with Gasteiger partial charge in [-0.05, 0) is 37.5 Å². The monoisotopic (exact) mass is 198 g/mol.